The second kappa shape index (κ2) is 4.43. The minimum absolute atomic E-state index is 0.0924. The molecule has 1 aromatic rings. The van der Waals surface area contributed by atoms with Crippen LogP contribution in [0.4, 0.5) is 0 Å². The second-order valence-corrected chi connectivity index (χ2v) is 3.45. The van der Waals surface area contributed by atoms with Crippen LogP contribution in [0.25, 0.3) is 6.08 Å². The molecule has 0 heterocycles. The van der Waals surface area contributed by atoms with Gasteiger partial charge in [0.25, 0.3) is 0 Å². The average molecular weight is 227 g/mol. The fraction of sp³-hybridized carbons (Fsp3) is 0.200. The van der Waals surface area contributed by atoms with Crippen LogP contribution in [-0.4, -0.2) is 11.7 Å². The van der Waals surface area contributed by atoms with Crippen LogP contribution >= 0.6 is 15.9 Å². The fourth-order valence-corrected chi connectivity index (χ4v) is 1.21. The topological polar surface area (TPSA) is 20.2 Å². The van der Waals surface area contributed by atoms with Crippen molar-refractivity contribution in [3.05, 3.63) is 39.9 Å². The number of aliphatic hydroxyl groups excluding tert-OH is 1. The molecule has 0 amide bonds. The van der Waals surface area contributed by atoms with E-state index in [1.54, 1.807) is 6.08 Å². The van der Waals surface area contributed by atoms with E-state index >= 15 is 0 Å². The molecule has 12 heavy (non-hydrogen) atoms. The largest absolute Gasteiger partial charge is 0.392 e. The first kappa shape index (κ1) is 9.49. The van der Waals surface area contributed by atoms with Crippen LogP contribution in [0.5, 0.6) is 0 Å². The Kier molecular flexibility index (Phi) is 3.50. The van der Waals surface area contributed by atoms with Crippen molar-refractivity contribution in [1.29, 1.82) is 0 Å². The predicted octanol–water partition coefficient (Wildman–Crippen LogP) is 2.76. The van der Waals surface area contributed by atoms with Crippen molar-refractivity contribution in [2.45, 2.75) is 6.92 Å². The van der Waals surface area contributed by atoms with E-state index in [0.29, 0.717) is 0 Å². The van der Waals surface area contributed by atoms with Crippen LogP contribution < -0.4 is 0 Å². The summed E-state index contributed by atoms with van der Waals surface area (Å²) in [7, 11) is 0. The molecular weight excluding hydrogens is 216 g/mol. The molecule has 0 aromatic heterocycles. The summed E-state index contributed by atoms with van der Waals surface area (Å²) >= 11 is 3.42. The molecule has 1 rings (SSSR count). The van der Waals surface area contributed by atoms with Crippen LogP contribution in [0.1, 0.15) is 11.1 Å². The van der Waals surface area contributed by atoms with Crippen molar-refractivity contribution in [3.63, 3.8) is 0 Å². The van der Waals surface area contributed by atoms with E-state index in [4.69, 9.17) is 5.11 Å². The van der Waals surface area contributed by atoms with Crippen LogP contribution in [0.2, 0.25) is 0 Å². The highest BCUT2D eigenvalue weighted by Gasteiger charge is 1.93. The smallest absolute Gasteiger partial charge is 0.0615 e. The maximum Gasteiger partial charge on any atom is 0.0615 e. The van der Waals surface area contributed by atoms with Crippen LogP contribution in [0.3, 0.4) is 0 Å². The van der Waals surface area contributed by atoms with Gasteiger partial charge in [-0.3, -0.25) is 0 Å². The van der Waals surface area contributed by atoms with Gasteiger partial charge in [-0.2, -0.15) is 0 Å². The highest BCUT2D eigenvalue weighted by molar-refractivity contribution is 9.10. The van der Waals surface area contributed by atoms with E-state index in [1.165, 1.54) is 5.56 Å². The molecule has 0 saturated heterocycles. The third-order valence-corrected chi connectivity index (χ3v) is 2.49. The molecule has 0 aliphatic carbocycles. The Balaban J connectivity index is 2.89. The number of halogens is 1. The molecule has 0 radical (unpaired) electrons. The molecule has 64 valence electrons. The number of benzene rings is 1. The summed E-state index contributed by atoms with van der Waals surface area (Å²) in [5.74, 6) is 0. The van der Waals surface area contributed by atoms with Gasteiger partial charge in [-0.15, -0.1) is 0 Å². The van der Waals surface area contributed by atoms with Crippen molar-refractivity contribution < 1.29 is 5.11 Å². The van der Waals surface area contributed by atoms with Gasteiger partial charge in [-0.25, -0.2) is 0 Å². The Morgan fingerprint density at radius 2 is 2.25 bits per heavy atom. The molecule has 0 atom stereocenters. The van der Waals surface area contributed by atoms with Gasteiger partial charge in [-0.05, 0) is 24.1 Å². The lowest BCUT2D eigenvalue weighted by atomic mass is 10.1. The maximum atomic E-state index is 8.56. The van der Waals surface area contributed by atoms with Gasteiger partial charge < -0.3 is 5.11 Å². The summed E-state index contributed by atoms with van der Waals surface area (Å²) in [6.45, 7) is 2.13. The number of aliphatic hydroxyl groups is 1. The summed E-state index contributed by atoms with van der Waals surface area (Å²) in [5, 5.41) is 8.56. The van der Waals surface area contributed by atoms with Crippen molar-refractivity contribution in [3.8, 4) is 0 Å². The Hall–Kier alpha value is -0.600. The monoisotopic (exact) mass is 226 g/mol. The summed E-state index contributed by atoms with van der Waals surface area (Å²) in [6.07, 6.45) is 3.63. The van der Waals surface area contributed by atoms with Crippen molar-refractivity contribution in [2.24, 2.45) is 0 Å². The third kappa shape index (κ3) is 2.47. The Morgan fingerprint density at radius 3 is 2.83 bits per heavy atom. The minimum atomic E-state index is 0.0924. The molecule has 0 unspecified atom stereocenters. The molecule has 0 spiro atoms. The highest BCUT2D eigenvalue weighted by atomic mass is 79.9. The molecule has 1 aromatic carbocycles. The first-order chi connectivity index (χ1) is 5.74. The molecular formula is C10H11BrO. The van der Waals surface area contributed by atoms with E-state index in [1.807, 2.05) is 25.1 Å². The van der Waals surface area contributed by atoms with Gasteiger partial charge in [-0.1, -0.05) is 40.2 Å². The third-order valence-electron chi connectivity index (χ3n) is 1.60. The van der Waals surface area contributed by atoms with Gasteiger partial charge in [0.05, 0.1) is 6.61 Å². The molecule has 0 bridgehead atoms. The van der Waals surface area contributed by atoms with Gasteiger partial charge in [0, 0.05) is 4.47 Å². The van der Waals surface area contributed by atoms with E-state index < -0.39 is 0 Å². The molecule has 2 heteroatoms. The lowest BCUT2D eigenvalue weighted by molar-refractivity contribution is 0.343. The van der Waals surface area contributed by atoms with E-state index in [0.717, 1.165) is 10.0 Å². The van der Waals surface area contributed by atoms with E-state index in [2.05, 4.69) is 22.0 Å². The highest BCUT2D eigenvalue weighted by Crippen LogP contribution is 2.17. The number of rotatable bonds is 2. The molecule has 0 aliphatic rings. The number of hydrogen-bond acceptors (Lipinski definition) is 1. The number of aryl methyl sites for hydroxylation is 1. The molecule has 0 fully saturated rings. The van der Waals surface area contributed by atoms with E-state index in [-0.39, 0.29) is 6.61 Å². The lowest BCUT2D eigenvalue weighted by Crippen LogP contribution is -1.78. The lowest BCUT2D eigenvalue weighted by Gasteiger charge is -1.98. The van der Waals surface area contributed by atoms with Crippen molar-refractivity contribution in [1.82, 2.24) is 0 Å². The molecule has 1 N–H and O–H groups in total. The summed E-state index contributed by atoms with van der Waals surface area (Å²) in [6, 6.07) is 6.08. The van der Waals surface area contributed by atoms with Crippen LogP contribution in [0, 0.1) is 6.92 Å². The van der Waals surface area contributed by atoms with Crippen LogP contribution in [-0.2, 0) is 0 Å². The Morgan fingerprint density at radius 1 is 1.50 bits per heavy atom. The Bertz CT molecular complexity index is 292. The quantitative estimate of drug-likeness (QED) is 0.823. The van der Waals surface area contributed by atoms with Gasteiger partial charge in [0.15, 0.2) is 0 Å². The van der Waals surface area contributed by atoms with Gasteiger partial charge in [0.1, 0.15) is 0 Å². The summed E-state index contributed by atoms with van der Waals surface area (Å²) in [5.41, 5.74) is 2.32. The van der Waals surface area contributed by atoms with E-state index in [9.17, 15) is 0 Å². The predicted molar refractivity (Wildman–Crippen MR) is 55.0 cm³/mol. The second-order valence-electron chi connectivity index (χ2n) is 2.59. The maximum absolute atomic E-state index is 8.56. The standard InChI is InChI=1S/C10H11BrO/c1-8-7-9(3-2-6-12)4-5-10(8)11/h2-5,7,12H,6H2,1H3. The molecule has 0 saturated carbocycles. The first-order valence-corrected chi connectivity index (χ1v) is 4.57. The van der Waals surface area contributed by atoms with Crippen LogP contribution in [0.15, 0.2) is 28.7 Å². The minimum Gasteiger partial charge on any atom is -0.392 e. The van der Waals surface area contributed by atoms with Crippen molar-refractivity contribution >= 4 is 22.0 Å². The first-order valence-electron chi connectivity index (χ1n) is 3.77. The summed E-state index contributed by atoms with van der Waals surface area (Å²) in [4.78, 5) is 0. The number of hydrogen-bond donors (Lipinski definition) is 1. The zero-order chi connectivity index (χ0) is 8.97. The fourth-order valence-electron chi connectivity index (χ4n) is 0.960. The molecule has 1 nitrogen and oxygen atoms in total. The van der Waals surface area contributed by atoms with Crippen molar-refractivity contribution in [2.75, 3.05) is 6.61 Å². The normalized spacial score (nSPS) is 10.9. The SMILES string of the molecule is Cc1cc(C=CCO)ccc1Br. The Labute approximate surface area is 80.9 Å². The van der Waals surface area contributed by atoms with Gasteiger partial charge >= 0.3 is 0 Å². The average Bonchev–Trinajstić information content (AvgIpc) is 2.07. The van der Waals surface area contributed by atoms with Gasteiger partial charge in [0.2, 0.25) is 0 Å². The molecule has 0 aliphatic heterocycles. The zero-order valence-electron chi connectivity index (χ0n) is 6.92. The zero-order valence-corrected chi connectivity index (χ0v) is 8.51. The summed E-state index contributed by atoms with van der Waals surface area (Å²) < 4.78 is 1.11.